The van der Waals surface area contributed by atoms with E-state index in [4.69, 9.17) is 0 Å². The zero-order valence-corrected chi connectivity index (χ0v) is 6.95. The molecule has 0 aliphatic carbocycles. The quantitative estimate of drug-likeness (QED) is 0.416. The highest BCUT2D eigenvalue weighted by Crippen LogP contribution is 2.19. The van der Waals surface area contributed by atoms with E-state index in [2.05, 4.69) is 0 Å². The molecule has 0 nitrogen and oxygen atoms in total. The fourth-order valence-corrected chi connectivity index (χ4v) is 0.979. The maximum absolute atomic E-state index is 11.6. The van der Waals surface area contributed by atoms with E-state index in [1.165, 1.54) is 0 Å². The number of unbranched alkanes of at least 4 members (excludes halogenated alkanes) is 4. The Labute approximate surface area is 66.2 Å². The van der Waals surface area contributed by atoms with Crippen LogP contribution in [-0.2, 0) is 0 Å². The summed E-state index contributed by atoms with van der Waals surface area (Å²) in [4.78, 5) is 0. The first-order valence-electron chi connectivity index (χ1n) is 4.27. The van der Waals surface area contributed by atoms with Crippen molar-refractivity contribution in [2.75, 3.05) is 0 Å². The van der Waals surface area contributed by atoms with Gasteiger partial charge in [0.2, 0.25) is 0 Å². The van der Waals surface area contributed by atoms with Crippen molar-refractivity contribution < 1.29 is 12.9 Å². The Morgan fingerprint density at radius 3 is 1.91 bits per heavy atom. The molecular weight excluding hydrogens is 152 g/mol. The highest BCUT2D eigenvalue weighted by Gasteiger charge is 2.20. The molecule has 0 unspecified atom stereocenters. The summed E-state index contributed by atoms with van der Waals surface area (Å²) in [7, 11) is 0. The van der Waals surface area contributed by atoms with E-state index in [1.807, 2.05) is 6.92 Å². The Bertz CT molecular complexity index is 90.2. The molecule has 0 aromatic carbocycles. The second-order valence-electron chi connectivity index (χ2n) is 2.91. The zero-order chi connectivity index (χ0) is 8.74. The van der Waals surface area contributed by atoms with Crippen LogP contribution in [0.3, 0.4) is 0 Å². The van der Waals surface area contributed by atoms with Crippen LogP contribution in [0.25, 0.3) is 0 Å². The molecule has 0 aliphatic heterocycles. The molecule has 0 saturated heterocycles. The third kappa shape index (κ3) is 9.85. The average Bonchev–Trinajstić information content (AvgIpc) is 1.85. The molecule has 0 rings (SSSR count). The van der Waals surface area contributed by atoms with Crippen molar-refractivity contribution in [2.24, 2.45) is 0 Å². The standard InChI is InChI=1S/C7H15BF3/c1-2-3-4-5-6-7-8(9,10)11/h2-7H2,1H3/q-1. The van der Waals surface area contributed by atoms with Gasteiger partial charge in [-0.15, -0.1) is 0 Å². The lowest BCUT2D eigenvalue weighted by Crippen LogP contribution is -2.13. The van der Waals surface area contributed by atoms with Crippen molar-refractivity contribution in [1.82, 2.24) is 0 Å². The van der Waals surface area contributed by atoms with Gasteiger partial charge in [-0.1, -0.05) is 45.3 Å². The molecule has 0 atom stereocenters. The van der Waals surface area contributed by atoms with Crippen LogP contribution in [0.5, 0.6) is 0 Å². The number of hydrogen-bond acceptors (Lipinski definition) is 0. The first kappa shape index (κ1) is 10.9. The normalized spacial score (nSPS) is 12.0. The average molecular weight is 167 g/mol. The molecule has 4 heteroatoms. The maximum Gasteiger partial charge on any atom is 0.478 e. The number of rotatable bonds is 6. The minimum Gasteiger partial charge on any atom is -0.449 e. The summed E-state index contributed by atoms with van der Waals surface area (Å²) in [6, 6.07) is 0. The van der Waals surface area contributed by atoms with E-state index >= 15 is 0 Å². The van der Waals surface area contributed by atoms with Crippen LogP contribution >= 0.6 is 0 Å². The molecular formula is C7H15BF3-. The van der Waals surface area contributed by atoms with Crippen LogP contribution in [0.15, 0.2) is 0 Å². The summed E-state index contributed by atoms with van der Waals surface area (Å²) in [5, 5.41) is 0. The van der Waals surface area contributed by atoms with E-state index in [0.717, 1.165) is 25.7 Å². The van der Waals surface area contributed by atoms with Crippen molar-refractivity contribution in [3.8, 4) is 0 Å². The monoisotopic (exact) mass is 167 g/mol. The van der Waals surface area contributed by atoms with Crippen LogP contribution in [0.4, 0.5) is 12.9 Å². The van der Waals surface area contributed by atoms with Crippen LogP contribution in [0.1, 0.15) is 39.0 Å². The Morgan fingerprint density at radius 2 is 1.45 bits per heavy atom. The molecule has 0 bridgehead atoms. The molecule has 0 saturated carbocycles. The van der Waals surface area contributed by atoms with Crippen molar-refractivity contribution in [1.29, 1.82) is 0 Å². The van der Waals surface area contributed by atoms with Crippen molar-refractivity contribution in [2.45, 2.75) is 45.3 Å². The largest absolute Gasteiger partial charge is 0.478 e. The number of hydrogen-bond donors (Lipinski definition) is 0. The van der Waals surface area contributed by atoms with Gasteiger partial charge in [0.1, 0.15) is 0 Å². The predicted molar refractivity (Wildman–Crippen MR) is 42.6 cm³/mol. The zero-order valence-electron chi connectivity index (χ0n) is 6.95. The van der Waals surface area contributed by atoms with E-state index in [9.17, 15) is 12.9 Å². The molecule has 0 N–H and O–H groups in total. The third-order valence-electron chi connectivity index (χ3n) is 1.64. The second-order valence-corrected chi connectivity index (χ2v) is 2.91. The molecule has 0 heterocycles. The van der Waals surface area contributed by atoms with E-state index < -0.39 is 13.3 Å². The first-order chi connectivity index (χ1) is 5.06. The van der Waals surface area contributed by atoms with Gasteiger partial charge in [-0.2, -0.15) is 0 Å². The Hall–Kier alpha value is -0.145. The Kier molecular flexibility index (Phi) is 5.43. The predicted octanol–water partition coefficient (Wildman–Crippen LogP) is 3.80. The van der Waals surface area contributed by atoms with Crippen LogP contribution in [0.2, 0.25) is 6.32 Å². The van der Waals surface area contributed by atoms with Crippen LogP contribution in [0, 0.1) is 0 Å². The SMILES string of the molecule is CCCCCCC[B-](F)(F)F. The van der Waals surface area contributed by atoms with Gasteiger partial charge in [-0.05, 0) is 0 Å². The van der Waals surface area contributed by atoms with Gasteiger partial charge in [0.05, 0.1) is 0 Å². The van der Waals surface area contributed by atoms with Crippen molar-refractivity contribution in [3.05, 3.63) is 0 Å². The molecule has 0 aromatic heterocycles. The highest BCUT2D eigenvalue weighted by atomic mass is 19.4. The molecule has 0 spiro atoms. The summed E-state index contributed by atoms with van der Waals surface area (Å²) in [6.07, 6.45) is 3.59. The van der Waals surface area contributed by atoms with Gasteiger partial charge < -0.3 is 12.9 Å². The first-order valence-corrected chi connectivity index (χ1v) is 4.27. The summed E-state index contributed by atoms with van der Waals surface area (Å²) in [6.45, 7) is -2.47. The molecule has 0 fully saturated rings. The van der Waals surface area contributed by atoms with Gasteiger partial charge >= 0.3 is 6.98 Å². The lowest BCUT2D eigenvalue weighted by atomic mass is 9.83. The molecule has 0 amide bonds. The van der Waals surface area contributed by atoms with Crippen molar-refractivity contribution in [3.63, 3.8) is 0 Å². The van der Waals surface area contributed by atoms with Gasteiger partial charge in [0.25, 0.3) is 0 Å². The molecule has 0 aromatic rings. The molecule has 11 heavy (non-hydrogen) atoms. The smallest absolute Gasteiger partial charge is 0.449 e. The van der Waals surface area contributed by atoms with Crippen LogP contribution in [-0.4, -0.2) is 6.98 Å². The second kappa shape index (κ2) is 5.50. The fraction of sp³-hybridized carbons (Fsp3) is 1.00. The molecule has 0 radical (unpaired) electrons. The highest BCUT2D eigenvalue weighted by molar-refractivity contribution is 6.58. The Balaban J connectivity index is 3.02. The van der Waals surface area contributed by atoms with E-state index in [0.29, 0.717) is 6.42 Å². The van der Waals surface area contributed by atoms with E-state index in [-0.39, 0.29) is 0 Å². The minimum absolute atomic E-state index is 0.323. The third-order valence-corrected chi connectivity index (χ3v) is 1.64. The number of halogens is 3. The maximum atomic E-state index is 11.6. The van der Waals surface area contributed by atoms with Gasteiger partial charge in [0, 0.05) is 0 Å². The summed E-state index contributed by atoms with van der Waals surface area (Å²) < 4.78 is 34.9. The molecule has 0 aliphatic rings. The fourth-order valence-electron chi connectivity index (χ4n) is 0.979. The minimum atomic E-state index is -4.52. The van der Waals surface area contributed by atoms with Gasteiger partial charge in [-0.3, -0.25) is 0 Å². The lowest BCUT2D eigenvalue weighted by molar-refractivity contribution is 0.459. The summed E-state index contributed by atoms with van der Waals surface area (Å²) in [5.41, 5.74) is 0. The van der Waals surface area contributed by atoms with Crippen molar-refractivity contribution >= 4 is 6.98 Å². The van der Waals surface area contributed by atoms with Gasteiger partial charge in [-0.25, -0.2) is 0 Å². The molecule has 68 valence electrons. The summed E-state index contributed by atoms with van der Waals surface area (Å²) >= 11 is 0. The van der Waals surface area contributed by atoms with Crippen LogP contribution < -0.4 is 0 Å². The van der Waals surface area contributed by atoms with Gasteiger partial charge in [0.15, 0.2) is 0 Å². The lowest BCUT2D eigenvalue weighted by Gasteiger charge is -2.12. The summed E-state index contributed by atoms with van der Waals surface area (Å²) in [5.74, 6) is 0. The Morgan fingerprint density at radius 1 is 0.909 bits per heavy atom. The topological polar surface area (TPSA) is 0 Å². The van der Waals surface area contributed by atoms with E-state index in [1.54, 1.807) is 0 Å².